The van der Waals surface area contributed by atoms with E-state index in [0.29, 0.717) is 18.8 Å². The zero-order chi connectivity index (χ0) is 20.7. The number of hydrogen-bond acceptors (Lipinski definition) is 5. The number of rotatable bonds is 3. The van der Waals surface area contributed by atoms with E-state index in [0.717, 1.165) is 12.8 Å². The number of amides is 1. The van der Waals surface area contributed by atoms with Crippen LogP contribution in [-0.2, 0) is 9.53 Å². The molecule has 1 aliphatic carbocycles. The Kier molecular flexibility index (Phi) is 5.18. The van der Waals surface area contributed by atoms with E-state index in [9.17, 15) is 24.8 Å². The fraction of sp³-hybridized carbons (Fsp3) is 0.600. The van der Waals surface area contributed by atoms with Crippen LogP contribution in [0.5, 0.6) is 0 Å². The van der Waals surface area contributed by atoms with Gasteiger partial charge in [-0.2, -0.15) is 0 Å². The largest absolute Gasteiger partial charge is 0.480 e. The van der Waals surface area contributed by atoms with Gasteiger partial charge in [-0.25, -0.2) is 4.79 Å². The van der Waals surface area contributed by atoms with E-state index in [1.807, 2.05) is 0 Å². The lowest BCUT2D eigenvalue weighted by Crippen LogP contribution is -2.55. The lowest BCUT2D eigenvalue weighted by molar-refractivity contribution is -0.384. The Bertz CT molecular complexity index is 775. The van der Waals surface area contributed by atoms with Crippen LogP contribution in [0.1, 0.15) is 56.8 Å². The van der Waals surface area contributed by atoms with Gasteiger partial charge in [0.2, 0.25) is 0 Å². The fourth-order valence-electron chi connectivity index (χ4n) is 4.36. The number of nitro benzene ring substituents is 1. The number of aliphatic carboxylic acids is 1. The molecule has 8 nitrogen and oxygen atoms in total. The minimum atomic E-state index is -1.11. The summed E-state index contributed by atoms with van der Waals surface area (Å²) < 4.78 is 5.95. The van der Waals surface area contributed by atoms with Crippen LogP contribution >= 0.6 is 0 Å². The molecule has 1 aromatic carbocycles. The number of nitrogens with zero attached hydrogens (tertiary/aromatic N) is 2. The first-order chi connectivity index (χ1) is 13.0. The summed E-state index contributed by atoms with van der Waals surface area (Å²) >= 11 is 0. The molecule has 1 amide bonds. The number of nitro groups is 1. The van der Waals surface area contributed by atoms with Crippen molar-refractivity contribution in [1.82, 2.24) is 4.90 Å². The van der Waals surface area contributed by atoms with E-state index in [1.165, 1.54) is 29.2 Å². The van der Waals surface area contributed by atoms with Gasteiger partial charge in [-0.15, -0.1) is 0 Å². The van der Waals surface area contributed by atoms with Gasteiger partial charge in [0.25, 0.3) is 11.6 Å². The van der Waals surface area contributed by atoms with E-state index in [2.05, 4.69) is 20.8 Å². The summed E-state index contributed by atoms with van der Waals surface area (Å²) in [5.41, 5.74) is -0.687. The SMILES string of the molecule is CC(C)(C)C1CCC2(CC1)OC[C@@H](C(=O)O)N2C(=O)c1ccc([N+](=O)[O-])cc1. The summed E-state index contributed by atoms with van der Waals surface area (Å²) in [6, 6.07) is 4.18. The topological polar surface area (TPSA) is 110 Å². The lowest BCUT2D eigenvalue weighted by atomic mass is 9.70. The second-order valence-corrected chi connectivity index (χ2v) is 8.73. The second-order valence-electron chi connectivity index (χ2n) is 8.73. The van der Waals surface area contributed by atoms with Gasteiger partial charge in [-0.3, -0.25) is 19.8 Å². The van der Waals surface area contributed by atoms with Gasteiger partial charge in [0, 0.05) is 17.7 Å². The Balaban J connectivity index is 1.89. The molecule has 8 heteroatoms. The number of carbonyl (C=O) groups excluding carboxylic acids is 1. The maximum absolute atomic E-state index is 13.2. The Morgan fingerprint density at radius 2 is 1.79 bits per heavy atom. The first kappa shape index (κ1) is 20.3. The van der Waals surface area contributed by atoms with Gasteiger partial charge in [0.05, 0.1) is 11.5 Å². The summed E-state index contributed by atoms with van der Waals surface area (Å²) in [4.78, 5) is 36.6. The van der Waals surface area contributed by atoms with Crippen LogP contribution in [-0.4, -0.2) is 45.2 Å². The van der Waals surface area contributed by atoms with Crippen molar-refractivity contribution in [3.8, 4) is 0 Å². The number of non-ortho nitro benzene ring substituents is 1. The Morgan fingerprint density at radius 3 is 2.25 bits per heavy atom. The second kappa shape index (κ2) is 7.16. The van der Waals surface area contributed by atoms with Gasteiger partial charge in [0.1, 0.15) is 5.72 Å². The number of hydrogen-bond donors (Lipinski definition) is 1. The molecule has 0 bridgehead atoms. The van der Waals surface area contributed by atoms with Crippen molar-refractivity contribution < 1.29 is 24.4 Å². The predicted octanol–water partition coefficient (Wildman–Crippen LogP) is 3.45. The molecule has 1 heterocycles. The Hall–Kier alpha value is -2.48. The zero-order valence-corrected chi connectivity index (χ0v) is 16.4. The highest BCUT2D eigenvalue weighted by Gasteiger charge is 2.54. The van der Waals surface area contributed by atoms with Crippen molar-refractivity contribution in [1.29, 1.82) is 0 Å². The minimum Gasteiger partial charge on any atom is -0.480 e. The van der Waals surface area contributed by atoms with Crippen LogP contribution in [0.2, 0.25) is 0 Å². The summed E-state index contributed by atoms with van der Waals surface area (Å²) in [6.07, 6.45) is 2.86. The Morgan fingerprint density at radius 1 is 1.21 bits per heavy atom. The highest BCUT2D eigenvalue weighted by molar-refractivity contribution is 5.97. The van der Waals surface area contributed by atoms with Gasteiger partial charge in [-0.1, -0.05) is 20.8 Å². The first-order valence-electron chi connectivity index (χ1n) is 9.50. The molecule has 1 N–H and O–H groups in total. The number of carboxylic acids is 1. The number of carbonyl (C=O) groups is 2. The van der Waals surface area contributed by atoms with Crippen molar-refractivity contribution in [2.75, 3.05) is 6.61 Å². The molecule has 1 saturated carbocycles. The average molecular weight is 390 g/mol. The van der Waals surface area contributed by atoms with Crippen LogP contribution in [0.4, 0.5) is 5.69 Å². The van der Waals surface area contributed by atoms with Gasteiger partial charge in [-0.05, 0) is 49.1 Å². The van der Waals surface area contributed by atoms with E-state index in [1.54, 1.807) is 0 Å². The molecule has 2 fully saturated rings. The van der Waals surface area contributed by atoms with E-state index in [-0.39, 0.29) is 23.3 Å². The summed E-state index contributed by atoms with van der Waals surface area (Å²) in [5.74, 6) is -1.10. The summed E-state index contributed by atoms with van der Waals surface area (Å²) in [5, 5.41) is 20.5. The summed E-state index contributed by atoms with van der Waals surface area (Å²) in [6.45, 7) is 6.51. The number of ether oxygens (including phenoxy) is 1. The van der Waals surface area contributed by atoms with E-state index >= 15 is 0 Å². The zero-order valence-electron chi connectivity index (χ0n) is 16.4. The Labute approximate surface area is 163 Å². The van der Waals surface area contributed by atoms with Crippen molar-refractivity contribution in [2.24, 2.45) is 11.3 Å². The third-order valence-electron chi connectivity index (χ3n) is 6.08. The summed E-state index contributed by atoms with van der Waals surface area (Å²) in [7, 11) is 0. The van der Waals surface area contributed by atoms with E-state index in [4.69, 9.17) is 4.74 Å². The van der Waals surface area contributed by atoms with Crippen LogP contribution in [0.3, 0.4) is 0 Å². The molecule has 1 atom stereocenters. The van der Waals surface area contributed by atoms with Crippen molar-refractivity contribution in [2.45, 2.75) is 58.2 Å². The molecular formula is C20H26N2O6. The molecule has 1 aliphatic heterocycles. The molecule has 1 aromatic rings. The highest BCUT2D eigenvalue weighted by atomic mass is 16.6. The van der Waals surface area contributed by atoms with Gasteiger partial charge in [0.15, 0.2) is 6.04 Å². The molecule has 28 heavy (non-hydrogen) atoms. The standard InChI is InChI=1S/C20H26N2O6/c1-19(2,3)14-8-10-20(11-9-14)21(16(12-28-20)18(24)25)17(23)13-4-6-15(7-5-13)22(26)27/h4-7,14,16H,8-12H2,1-3H3,(H,24,25)/t14?,16-,20?/m0/s1. The molecular weight excluding hydrogens is 364 g/mol. The highest BCUT2D eigenvalue weighted by Crippen LogP contribution is 2.47. The molecule has 2 aliphatic rings. The molecule has 1 spiro atoms. The molecule has 3 rings (SSSR count). The molecule has 152 valence electrons. The third kappa shape index (κ3) is 3.61. The first-order valence-corrected chi connectivity index (χ1v) is 9.50. The maximum atomic E-state index is 13.2. The molecule has 0 aromatic heterocycles. The maximum Gasteiger partial charge on any atom is 0.328 e. The number of benzene rings is 1. The minimum absolute atomic E-state index is 0.0474. The van der Waals surface area contributed by atoms with Crippen LogP contribution in [0.15, 0.2) is 24.3 Å². The predicted molar refractivity (Wildman–Crippen MR) is 101 cm³/mol. The van der Waals surface area contributed by atoms with Crippen LogP contribution < -0.4 is 0 Å². The van der Waals surface area contributed by atoms with Crippen LogP contribution in [0.25, 0.3) is 0 Å². The quantitative estimate of drug-likeness (QED) is 0.625. The normalized spacial score (nSPS) is 27.8. The van der Waals surface area contributed by atoms with Crippen molar-refractivity contribution in [3.05, 3.63) is 39.9 Å². The number of carboxylic acid groups (broad SMARTS) is 1. The van der Waals surface area contributed by atoms with Gasteiger partial charge < -0.3 is 9.84 Å². The average Bonchev–Trinajstić information content (AvgIpc) is 2.99. The van der Waals surface area contributed by atoms with Gasteiger partial charge >= 0.3 is 5.97 Å². The van der Waals surface area contributed by atoms with Crippen molar-refractivity contribution >= 4 is 17.6 Å². The smallest absolute Gasteiger partial charge is 0.328 e. The van der Waals surface area contributed by atoms with E-state index < -0.39 is 28.6 Å². The molecule has 0 unspecified atom stereocenters. The molecule has 1 saturated heterocycles. The van der Waals surface area contributed by atoms with Crippen LogP contribution in [0, 0.1) is 21.4 Å². The van der Waals surface area contributed by atoms with Crippen molar-refractivity contribution in [3.63, 3.8) is 0 Å². The monoisotopic (exact) mass is 390 g/mol. The molecule has 0 radical (unpaired) electrons. The third-order valence-corrected chi connectivity index (χ3v) is 6.08. The fourth-order valence-corrected chi connectivity index (χ4v) is 4.36. The lowest BCUT2D eigenvalue weighted by Gasteiger charge is -2.46.